The first-order valence-electron chi connectivity index (χ1n) is 7.82. The number of ether oxygens (including phenoxy) is 1. The zero-order valence-corrected chi connectivity index (χ0v) is 14.1. The summed E-state index contributed by atoms with van der Waals surface area (Å²) in [5.41, 5.74) is 0.301. The number of carbonyl (C=O) groups excluding carboxylic acids is 1. The summed E-state index contributed by atoms with van der Waals surface area (Å²) in [5.74, 6) is 0.641. The van der Waals surface area contributed by atoms with Gasteiger partial charge >= 0.3 is 6.03 Å². The van der Waals surface area contributed by atoms with E-state index >= 15 is 0 Å². The Balaban J connectivity index is 2.81. The third-order valence-corrected chi connectivity index (χ3v) is 2.98. The number of hydrogen-bond acceptors (Lipinski definition) is 3. The fourth-order valence-electron chi connectivity index (χ4n) is 1.97. The summed E-state index contributed by atoms with van der Waals surface area (Å²) in [4.78, 5) is 14.0. The lowest BCUT2D eigenvalue weighted by Gasteiger charge is -2.25. The van der Waals surface area contributed by atoms with Crippen LogP contribution in [-0.4, -0.2) is 41.3 Å². The van der Waals surface area contributed by atoms with E-state index in [1.807, 2.05) is 45.0 Å². The van der Waals surface area contributed by atoms with Gasteiger partial charge < -0.3 is 20.1 Å². The zero-order valence-electron chi connectivity index (χ0n) is 14.1. The molecular formula is C17H28N2O3. The number of benzene rings is 1. The lowest BCUT2D eigenvalue weighted by atomic mass is 10.2. The molecule has 2 N–H and O–H groups in total. The fourth-order valence-corrected chi connectivity index (χ4v) is 1.97. The maximum Gasteiger partial charge on any atom is 0.322 e. The van der Waals surface area contributed by atoms with Crippen molar-refractivity contribution in [1.29, 1.82) is 0 Å². The Morgan fingerprint density at radius 2 is 1.95 bits per heavy atom. The molecule has 0 aliphatic rings. The second-order valence-electron chi connectivity index (χ2n) is 6.20. The van der Waals surface area contributed by atoms with Crippen LogP contribution in [0.5, 0.6) is 5.75 Å². The smallest absolute Gasteiger partial charge is 0.322 e. The molecule has 0 fully saturated rings. The number of aliphatic hydroxyl groups is 1. The Morgan fingerprint density at radius 1 is 1.27 bits per heavy atom. The second kappa shape index (κ2) is 8.63. The molecule has 0 bridgehead atoms. The molecule has 0 aliphatic carbocycles. The summed E-state index contributed by atoms with van der Waals surface area (Å²) in [6.07, 6.45) is 1.91. The van der Waals surface area contributed by atoms with E-state index in [2.05, 4.69) is 12.2 Å². The first kappa shape index (κ1) is 18.3. The first-order chi connectivity index (χ1) is 10.4. The highest BCUT2D eigenvalue weighted by atomic mass is 16.5. The van der Waals surface area contributed by atoms with Gasteiger partial charge in [-0.3, -0.25) is 0 Å². The number of urea groups is 1. The predicted octanol–water partition coefficient (Wildman–Crippen LogP) is 3.49. The van der Waals surface area contributed by atoms with Crippen LogP contribution in [0.3, 0.4) is 0 Å². The van der Waals surface area contributed by atoms with Crippen LogP contribution in [0, 0.1) is 0 Å². The number of hydrogen-bond donors (Lipinski definition) is 2. The summed E-state index contributed by atoms with van der Waals surface area (Å²) in [6, 6.07) is 7.17. The summed E-state index contributed by atoms with van der Waals surface area (Å²) in [7, 11) is 0. The Labute approximate surface area is 133 Å². The van der Waals surface area contributed by atoms with Gasteiger partial charge in [0.2, 0.25) is 0 Å². The number of aliphatic hydroxyl groups excluding tert-OH is 1. The molecule has 0 atom stereocenters. The molecule has 0 spiro atoms. The molecule has 1 aromatic rings. The van der Waals surface area contributed by atoms with Crippen LogP contribution < -0.4 is 10.1 Å². The van der Waals surface area contributed by atoms with E-state index in [0.29, 0.717) is 24.5 Å². The molecule has 1 rings (SSSR count). The molecule has 0 aromatic heterocycles. The average molecular weight is 308 g/mol. The maximum atomic E-state index is 12.4. The van der Waals surface area contributed by atoms with Crippen molar-refractivity contribution < 1.29 is 14.6 Å². The zero-order chi connectivity index (χ0) is 16.6. The molecule has 1 aromatic carbocycles. The molecule has 5 nitrogen and oxygen atoms in total. The highest BCUT2D eigenvalue weighted by molar-refractivity contribution is 5.91. The van der Waals surface area contributed by atoms with Crippen molar-refractivity contribution in [1.82, 2.24) is 4.90 Å². The van der Waals surface area contributed by atoms with Crippen molar-refractivity contribution in [2.24, 2.45) is 0 Å². The van der Waals surface area contributed by atoms with Gasteiger partial charge in [0.25, 0.3) is 0 Å². The molecule has 0 saturated carbocycles. The molecule has 22 heavy (non-hydrogen) atoms. The van der Waals surface area contributed by atoms with E-state index in [-0.39, 0.29) is 18.2 Å². The molecule has 0 aliphatic heterocycles. The molecule has 0 unspecified atom stereocenters. The number of rotatable bonds is 7. The molecule has 5 heteroatoms. The number of nitrogens with one attached hydrogen (secondary N) is 1. The number of unbranched alkanes of at least 4 members (excludes halogenated alkanes) is 1. The van der Waals surface area contributed by atoms with Crippen molar-refractivity contribution in [3.63, 3.8) is 0 Å². The molecule has 0 saturated heterocycles. The molecular weight excluding hydrogens is 280 g/mol. The monoisotopic (exact) mass is 308 g/mol. The highest BCUT2D eigenvalue weighted by Gasteiger charge is 2.17. The second-order valence-corrected chi connectivity index (χ2v) is 6.20. The molecule has 0 radical (unpaired) electrons. The third kappa shape index (κ3) is 6.35. The lowest BCUT2D eigenvalue weighted by Crippen LogP contribution is -2.38. The van der Waals surface area contributed by atoms with Crippen LogP contribution >= 0.6 is 0 Å². The number of nitrogens with zero attached hydrogens (tertiary/aromatic N) is 1. The third-order valence-electron chi connectivity index (χ3n) is 2.98. The lowest BCUT2D eigenvalue weighted by molar-refractivity contribution is 0.131. The van der Waals surface area contributed by atoms with Gasteiger partial charge in [-0.2, -0.15) is 0 Å². The van der Waals surface area contributed by atoms with Gasteiger partial charge in [0.05, 0.1) is 12.3 Å². The minimum absolute atomic E-state index is 0.0444. The van der Waals surface area contributed by atoms with E-state index in [0.717, 1.165) is 12.8 Å². The summed E-state index contributed by atoms with van der Waals surface area (Å²) in [5, 5.41) is 12.0. The minimum Gasteiger partial charge on any atom is -0.486 e. The topological polar surface area (TPSA) is 61.8 Å². The van der Waals surface area contributed by atoms with Crippen LogP contribution in [0.2, 0.25) is 0 Å². The van der Waals surface area contributed by atoms with Crippen molar-refractivity contribution in [2.45, 2.75) is 46.1 Å². The Morgan fingerprint density at radius 3 is 2.55 bits per heavy atom. The summed E-state index contributed by atoms with van der Waals surface area (Å²) in [6.45, 7) is 8.87. The number of amides is 2. The van der Waals surface area contributed by atoms with Gasteiger partial charge in [0.15, 0.2) is 0 Å². The highest BCUT2D eigenvalue weighted by Crippen LogP contribution is 2.27. The van der Waals surface area contributed by atoms with Crippen LogP contribution in [0.1, 0.15) is 40.5 Å². The van der Waals surface area contributed by atoms with Crippen LogP contribution in [-0.2, 0) is 0 Å². The van der Waals surface area contributed by atoms with Gasteiger partial charge in [0, 0.05) is 13.1 Å². The normalized spacial score (nSPS) is 11.1. The Bertz CT molecular complexity index is 469. The standard InChI is InChI=1S/C17H28N2O3/c1-5-6-11-19(12-13-20)16(21)18-14-9-7-8-10-15(14)22-17(2,3)4/h7-10,20H,5-6,11-13H2,1-4H3,(H,18,21). The van der Waals surface area contributed by atoms with Gasteiger partial charge in [-0.25, -0.2) is 4.79 Å². The first-order valence-corrected chi connectivity index (χ1v) is 7.82. The van der Waals surface area contributed by atoms with E-state index in [1.54, 1.807) is 4.90 Å². The SMILES string of the molecule is CCCCN(CCO)C(=O)Nc1ccccc1OC(C)(C)C. The van der Waals surface area contributed by atoms with E-state index in [1.165, 1.54) is 0 Å². The number of carbonyl (C=O) groups is 1. The molecule has 2 amide bonds. The number of anilines is 1. The summed E-state index contributed by atoms with van der Waals surface area (Å²) < 4.78 is 5.87. The van der Waals surface area contributed by atoms with Crippen molar-refractivity contribution >= 4 is 11.7 Å². The van der Waals surface area contributed by atoms with Gasteiger partial charge in [-0.15, -0.1) is 0 Å². The van der Waals surface area contributed by atoms with E-state index in [4.69, 9.17) is 9.84 Å². The van der Waals surface area contributed by atoms with Crippen LogP contribution in [0.25, 0.3) is 0 Å². The molecule has 124 valence electrons. The van der Waals surface area contributed by atoms with Crippen molar-refractivity contribution in [3.05, 3.63) is 24.3 Å². The van der Waals surface area contributed by atoms with Gasteiger partial charge in [-0.1, -0.05) is 25.5 Å². The maximum absolute atomic E-state index is 12.4. The average Bonchev–Trinajstić information content (AvgIpc) is 2.44. The Hall–Kier alpha value is -1.75. The van der Waals surface area contributed by atoms with Crippen LogP contribution in [0.15, 0.2) is 24.3 Å². The summed E-state index contributed by atoms with van der Waals surface area (Å²) >= 11 is 0. The fraction of sp³-hybridized carbons (Fsp3) is 0.588. The minimum atomic E-state index is -0.339. The van der Waals surface area contributed by atoms with Gasteiger partial charge in [0.1, 0.15) is 11.4 Å². The van der Waals surface area contributed by atoms with E-state index in [9.17, 15) is 4.79 Å². The predicted molar refractivity (Wildman–Crippen MR) is 89.4 cm³/mol. The molecule has 0 heterocycles. The Kier molecular flexibility index (Phi) is 7.18. The number of para-hydroxylation sites is 2. The van der Waals surface area contributed by atoms with Crippen molar-refractivity contribution in [2.75, 3.05) is 25.0 Å². The van der Waals surface area contributed by atoms with E-state index < -0.39 is 0 Å². The van der Waals surface area contributed by atoms with Crippen molar-refractivity contribution in [3.8, 4) is 5.75 Å². The largest absolute Gasteiger partial charge is 0.486 e. The van der Waals surface area contributed by atoms with Gasteiger partial charge in [-0.05, 0) is 39.3 Å². The van der Waals surface area contributed by atoms with Crippen LogP contribution in [0.4, 0.5) is 10.5 Å². The quantitative estimate of drug-likeness (QED) is 0.810.